The number of hydrogen-bond donors (Lipinski definition) is 2. The number of nitrogen functional groups attached to an aromatic ring is 2. The van der Waals surface area contributed by atoms with Gasteiger partial charge in [-0.1, -0.05) is 0 Å². The smallest absolute Gasteiger partial charge is 0.342 e. The summed E-state index contributed by atoms with van der Waals surface area (Å²) in [4.78, 5) is 22.8. The van der Waals surface area contributed by atoms with Gasteiger partial charge < -0.3 is 20.6 Å². The second kappa shape index (κ2) is 4.70. The third-order valence-electron chi connectivity index (χ3n) is 2.13. The fourth-order valence-corrected chi connectivity index (χ4v) is 1.33. The van der Waals surface area contributed by atoms with Crippen molar-refractivity contribution >= 4 is 17.9 Å². The van der Waals surface area contributed by atoms with Crippen LogP contribution in [0.25, 0.3) is 0 Å². The second-order valence-electron chi connectivity index (χ2n) is 3.43. The van der Waals surface area contributed by atoms with E-state index in [0.29, 0.717) is 11.3 Å². The molecule has 0 aliphatic carbocycles. The molecular formula is C10H11N5O3. The van der Waals surface area contributed by atoms with Crippen LogP contribution in [0.15, 0.2) is 16.7 Å². The first-order valence-corrected chi connectivity index (χ1v) is 5.03. The van der Waals surface area contributed by atoms with Gasteiger partial charge in [0.1, 0.15) is 11.3 Å². The zero-order valence-electron chi connectivity index (χ0n) is 9.58. The molecule has 2 heterocycles. The molecule has 0 aromatic carbocycles. The number of nitrogens with zero attached hydrogens (tertiary/aromatic N) is 3. The quantitative estimate of drug-likeness (QED) is 0.742. The lowest BCUT2D eigenvalue weighted by Gasteiger charge is -2.03. The normalized spacial score (nSPS) is 10.3. The molecule has 0 aliphatic heterocycles. The standard InChI is InChI=1S/C10H11N5O3/c1-5-6(2-3-17-5)8(16)18-4-7-13-9(11)15-10(12)14-7/h2-3H,4H2,1H3,(H4,11,12,13,14,15). The topological polar surface area (TPSA) is 130 Å². The molecule has 0 atom stereocenters. The second-order valence-corrected chi connectivity index (χ2v) is 3.43. The molecule has 18 heavy (non-hydrogen) atoms. The molecule has 0 aliphatic rings. The van der Waals surface area contributed by atoms with Crippen molar-refractivity contribution in [3.63, 3.8) is 0 Å². The summed E-state index contributed by atoms with van der Waals surface area (Å²) in [5.41, 5.74) is 11.1. The maximum absolute atomic E-state index is 11.7. The van der Waals surface area contributed by atoms with Crippen molar-refractivity contribution in [1.29, 1.82) is 0 Å². The summed E-state index contributed by atoms with van der Waals surface area (Å²) in [5, 5.41) is 0. The number of hydrogen-bond acceptors (Lipinski definition) is 8. The molecule has 4 N–H and O–H groups in total. The summed E-state index contributed by atoms with van der Waals surface area (Å²) in [5.74, 6) is 0.101. The molecule has 0 radical (unpaired) electrons. The van der Waals surface area contributed by atoms with Crippen LogP contribution >= 0.6 is 0 Å². The van der Waals surface area contributed by atoms with Gasteiger partial charge in [-0.3, -0.25) is 0 Å². The summed E-state index contributed by atoms with van der Waals surface area (Å²) in [6.45, 7) is 1.52. The molecule has 0 unspecified atom stereocenters. The van der Waals surface area contributed by atoms with E-state index in [-0.39, 0.29) is 24.3 Å². The maximum Gasteiger partial charge on any atom is 0.342 e. The number of ether oxygens (including phenoxy) is 1. The van der Waals surface area contributed by atoms with Crippen molar-refractivity contribution in [3.8, 4) is 0 Å². The van der Waals surface area contributed by atoms with Crippen LogP contribution in [0, 0.1) is 6.92 Å². The van der Waals surface area contributed by atoms with Gasteiger partial charge in [-0.15, -0.1) is 0 Å². The number of carbonyl (C=O) groups excluding carboxylic acids is 1. The van der Waals surface area contributed by atoms with Crippen LogP contribution in [0.5, 0.6) is 0 Å². The molecule has 2 rings (SSSR count). The number of furan rings is 1. The third-order valence-corrected chi connectivity index (χ3v) is 2.13. The van der Waals surface area contributed by atoms with E-state index in [1.54, 1.807) is 6.92 Å². The Morgan fingerprint density at radius 2 is 2.00 bits per heavy atom. The molecule has 8 nitrogen and oxygen atoms in total. The lowest BCUT2D eigenvalue weighted by Crippen LogP contribution is -2.11. The third kappa shape index (κ3) is 2.54. The molecule has 8 heteroatoms. The lowest BCUT2D eigenvalue weighted by molar-refractivity contribution is 0.0460. The molecule has 0 fully saturated rings. The molecule has 0 bridgehead atoms. The van der Waals surface area contributed by atoms with Gasteiger partial charge in [-0.25, -0.2) is 4.79 Å². The van der Waals surface area contributed by atoms with Gasteiger partial charge in [0.25, 0.3) is 0 Å². The Labute approximate surface area is 102 Å². The van der Waals surface area contributed by atoms with Crippen LogP contribution in [0.1, 0.15) is 21.9 Å². The zero-order valence-corrected chi connectivity index (χ0v) is 9.58. The predicted octanol–water partition coefficient (Wildman–Crippen LogP) is 0.294. The van der Waals surface area contributed by atoms with Crippen LogP contribution in [-0.2, 0) is 11.3 Å². The number of rotatable bonds is 3. The molecule has 0 amide bonds. The highest BCUT2D eigenvalue weighted by Crippen LogP contribution is 2.11. The molecule has 0 saturated carbocycles. The highest BCUT2D eigenvalue weighted by atomic mass is 16.5. The Balaban J connectivity index is 2.04. The lowest BCUT2D eigenvalue weighted by atomic mass is 10.3. The highest BCUT2D eigenvalue weighted by Gasteiger charge is 2.14. The monoisotopic (exact) mass is 249 g/mol. The zero-order chi connectivity index (χ0) is 13.1. The Kier molecular flexibility index (Phi) is 3.09. The van der Waals surface area contributed by atoms with Crippen molar-refractivity contribution in [1.82, 2.24) is 15.0 Å². The summed E-state index contributed by atoms with van der Waals surface area (Å²) in [7, 11) is 0. The number of anilines is 2. The fraction of sp³-hybridized carbons (Fsp3) is 0.200. The number of esters is 1. The fourth-order valence-electron chi connectivity index (χ4n) is 1.33. The Morgan fingerprint density at radius 1 is 1.33 bits per heavy atom. The van der Waals surface area contributed by atoms with Gasteiger partial charge in [-0.2, -0.15) is 15.0 Å². The molecular weight excluding hydrogens is 238 g/mol. The first-order valence-electron chi connectivity index (χ1n) is 5.03. The number of carbonyl (C=O) groups is 1. The highest BCUT2D eigenvalue weighted by molar-refractivity contribution is 5.90. The Hall–Kier alpha value is -2.64. The van der Waals surface area contributed by atoms with Crippen LogP contribution in [0.2, 0.25) is 0 Å². The van der Waals surface area contributed by atoms with Crippen molar-refractivity contribution < 1.29 is 13.9 Å². The molecule has 94 valence electrons. The van der Waals surface area contributed by atoms with Crippen LogP contribution < -0.4 is 11.5 Å². The van der Waals surface area contributed by atoms with Crippen molar-refractivity contribution in [2.24, 2.45) is 0 Å². The molecule has 2 aromatic heterocycles. The predicted molar refractivity (Wildman–Crippen MR) is 61.2 cm³/mol. The minimum absolute atomic E-state index is 0.0203. The first-order chi connectivity index (χ1) is 8.56. The summed E-state index contributed by atoms with van der Waals surface area (Å²) >= 11 is 0. The SMILES string of the molecule is Cc1occc1C(=O)OCc1nc(N)nc(N)n1. The van der Waals surface area contributed by atoms with E-state index in [2.05, 4.69) is 15.0 Å². The molecule has 2 aromatic rings. The average Bonchev–Trinajstić information content (AvgIpc) is 2.71. The van der Waals surface area contributed by atoms with Crippen LogP contribution in [0.3, 0.4) is 0 Å². The van der Waals surface area contributed by atoms with Crippen LogP contribution in [0.4, 0.5) is 11.9 Å². The Bertz CT molecular complexity index is 560. The largest absolute Gasteiger partial charge is 0.469 e. The van der Waals surface area contributed by atoms with E-state index in [0.717, 1.165) is 0 Å². The van der Waals surface area contributed by atoms with E-state index >= 15 is 0 Å². The number of aromatic nitrogens is 3. The molecule has 0 saturated heterocycles. The van der Waals surface area contributed by atoms with Crippen molar-refractivity contribution in [3.05, 3.63) is 29.5 Å². The van der Waals surface area contributed by atoms with E-state index < -0.39 is 5.97 Å². The van der Waals surface area contributed by atoms with Gasteiger partial charge in [0.15, 0.2) is 12.4 Å². The van der Waals surface area contributed by atoms with Gasteiger partial charge in [0.2, 0.25) is 11.9 Å². The van der Waals surface area contributed by atoms with E-state index in [4.69, 9.17) is 20.6 Å². The summed E-state index contributed by atoms with van der Waals surface area (Å²) in [6.07, 6.45) is 1.41. The van der Waals surface area contributed by atoms with Gasteiger partial charge in [0.05, 0.1) is 6.26 Å². The molecule has 0 spiro atoms. The van der Waals surface area contributed by atoms with E-state index in [1.807, 2.05) is 0 Å². The summed E-state index contributed by atoms with van der Waals surface area (Å²) < 4.78 is 9.99. The number of nitrogens with two attached hydrogens (primary N) is 2. The van der Waals surface area contributed by atoms with Crippen molar-refractivity contribution in [2.75, 3.05) is 11.5 Å². The van der Waals surface area contributed by atoms with E-state index in [9.17, 15) is 4.79 Å². The van der Waals surface area contributed by atoms with Crippen molar-refractivity contribution in [2.45, 2.75) is 13.5 Å². The van der Waals surface area contributed by atoms with Gasteiger partial charge in [0, 0.05) is 0 Å². The van der Waals surface area contributed by atoms with Gasteiger partial charge >= 0.3 is 5.97 Å². The minimum atomic E-state index is -0.529. The van der Waals surface area contributed by atoms with E-state index in [1.165, 1.54) is 12.3 Å². The first kappa shape index (κ1) is 11.8. The number of aryl methyl sites for hydroxylation is 1. The van der Waals surface area contributed by atoms with Crippen LogP contribution in [-0.4, -0.2) is 20.9 Å². The van der Waals surface area contributed by atoms with Gasteiger partial charge in [-0.05, 0) is 13.0 Å². The average molecular weight is 249 g/mol. The minimum Gasteiger partial charge on any atom is -0.469 e. The Morgan fingerprint density at radius 3 is 2.56 bits per heavy atom. The summed E-state index contributed by atoms with van der Waals surface area (Å²) in [6, 6.07) is 1.52. The maximum atomic E-state index is 11.7.